The first-order chi connectivity index (χ1) is 14.7. The third-order valence-electron chi connectivity index (χ3n) is 4.85. The van der Waals surface area contributed by atoms with E-state index < -0.39 is 5.82 Å². The summed E-state index contributed by atoms with van der Waals surface area (Å²) < 4.78 is 14.5. The van der Waals surface area contributed by atoms with Gasteiger partial charge >= 0.3 is 0 Å². The minimum atomic E-state index is -0.392. The van der Waals surface area contributed by atoms with Crippen LogP contribution in [0, 0.1) is 5.82 Å². The molecular formula is C24H14ClFN4. The zero-order valence-corrected chi connectivity index (χ0v) is 16.4. The van der Waals surface area contributed by atoms with Crippen molar-refractivity contribution in [3.05, 3.63) is 96.4 Å². The minimum absolute atomic E-state index is 0.328. The Balaban J connectivity index is 1.74. The second kappa shape index (κ2) is 7.61. The van der Waals surface area contributed by atoms with Crippen LogP contribution in [0.4, 0.5) is 4.39 Å². The molecule has 4 heterocycles. The summed E-state index contributed by atoms with van der Waals surface area (Å²) in [5.74, 6) is -0.392. The summed E-state index contributed by atoms with van der Waals surface area (Å²) in [6.07, 6.45) is 8.74. The molecular weight excluding hydrogens is 399 g/mol. The average molecular weight is 413 g/mol. The molecule has 4 aromatic heterocycles. The van der Waals surface area contributed by atoms with E-state index in [2.05, 4.69) is 19.9 Å². The van der Waals surface area contributed by atoms with Gasteiger partial charge in [0.2, 0.25) is 0 Å². The SMILES string of the molecule is Fc1ccc(Cl)cc1-c1cc(-c2cncc(-c3ccncc3)c2)c2cccnc2n1. The summed E-state index contributed by atoms with van der Waals surface area (Å²) >= 11 is 6.11. The van der Waals surface area contributed by atoms with Crippen molar-refractivity contribution in [2.24, 2.45) is 0 Å². The molecule has 0 radical (unpaired) electrons. The zero-order chi connectivity index (χ0) is 20.5. The van der Waals surface area contributed by atoms with E-state index in [9.17, 15) is 4.39 Å². The van der Waals surface area contributed by atoms with Gasteiger partial charge in [-0.2, -0.15) is 0 Å². The van der Waals surface area contributed by atoms with E-state index in [1.807, 2.05) is 36.4 Å². The van der Waals surface area contributed by atoms with Crippen molar-refractivity contribution in [1.82, 2.24) is 19.9 Å². The minimum Gasteiger partial charge on any atom is -0.265 e. The van der Waals surface area contributed by atoms with Gasteiger partial charge in [0.15, 0.2) is 5.65 Å². The highest BCUT2D eigenvalue weighted by atomic mass is 35.5. The Labute approximate surface area is 177 Å². The van der Waals surface area contributed by atoms with E-state index in [1.54, 1.807) is 37.1 Å². The summed E-state index contributed by atoms with van der Waals surface area (Å²) in [6.45, 7) is 0. The predicted octanol–water partition coefficient (Wildman–Crippen LogP) is 6.21. The third kappa shape index (κ3) is 3.40. The Hall–Kier alpha value is -3.70. The lowest BCUT2D eigenvalue weighted by molar-refractivity contribution is 0.631. The van der Waals surface area contributed by atoms with Crippen molar-refractivity contribution in [2.75, 3.05) is 0 Å². The van der Waals surface area contributed by atoms with Crippen molar-refractivity contribution in [2.45, 2.75) is 0 Å². The van der Waals surface area contributed by atoms with E-state index >= 15 is 0 Å². The maximum Gasteiger partial charge on any atom is 0.160 e. The number of halogens is 2. The van der Waals surface area contributed by atoms with E-state index in [4.69, 9.17) is 11.6 Å². The van der Waals surface area contributed by atoms with Crippen molar-refractivity contribution < 1.29 is 4.39 Å². The van der Waals surface area contributed by atoms with Crippen molar-refractivity contribution >= 4 is 22.6 Å². The van der Waals surface area contributed by atoms with E-state index in [1.165, 1.54) is 12.1 Å². The number of nitrogens with zero attached hydrogens (tertiary/aromatic N) is 4. The molecule has 0 aliphatic rings. The largest absolute Gasteiger partial charge is 0.265 e. The van der Waals surface area contributed by atoms with E-state index in [0.29, 0.717) is 21.9 Å². The molecule has 30 heavy (non-hydrogen) atoms. The smallest absolute Gasteiger partial charge is 0.160 e. The molecule has 4 nitrogen and oxygen atoms in total. The van der Waals surface area contributed by atoms with Crippen LogP contribution in [0.15, 0.2) is 85.6 Å². The Morgan fingerprint density at radius 1 is 0.733 bits per heavy atom. The molecule has 0 N–H and O–H groups in total. The number of pyridine rings is 4. The van der Waals surface area contributed by atoms with Crippen LogP contribution in [-0.4, -0.2) is 19.9 Å². The van der Waals surface area contributed by atoms with Crippen LogP contribution in [-0.2, 0) is 0 Å². The summed E-state index contributed by atoms with van der Waals surface area (Å²) in [6, 6.07) is 16.0. The average Bonchev–Trinajstić information content (AvgIpc) is 2.80. The van der Waals surface area contributed by atoms with Crippen molar-refractivity contribution in [3.8, 4) is 33.5 Å². The highest BCUT2D eigenvalue weighted by Gasteiger charge is 2.14. The van der Waals surface area contributed by atoms with Crippen LogP contribution in [0.3, 0.4) is 0 Å². The number of hydrogen-bond acceptors (Lipinski definition) is 4. The molecule has 6 heteroatoms. The van der Waals surface area contributed by atoms with Gasteiger partial charge in [-0.3, -0.25) is 9.97 Å². The molecule has 0 fully saturated rings. The molecule has 0 aliphatic carbocycles. The van der Waals surface area contributed by atoms with Crippen LogP contribution in [0.1, 0.15) is 0 Å². The van der Waals surface area contributed by atoms with Gasteiger partial charge in [0.05, 0.1) is 5.69 Å². The first-order valence-electron chi connectivity index (χ1n) is 9.26. The fourth-order valence-corrected chi connectivity index (χ4v) is 3.59. The first-order valence-corrected chi connectivity index (χ1v) is 9.64. The van der Waals surface area contributed by atoms with E-state index in [0.717, 1.165) is 27.6 Å². The molecule has 0 saturated carbocycles. The van der Waals surface area contributed by atoms with Crippen LogP contribution in [0.2, 0.25) is 5.02 Å². The lowest BCUT2D eigenvalue weighted by Crippen LogP contribution is -1.94. The molecule has 144 valence electrons. The van der Waals surface area contributed by atoms with E-state index in [-0.39, 0.29) is 0 Å². The molecule has 0 amide bonds. The quantitative estimate of drug-likeness (QED) is 0.353. The number of benzene rings is 1. The molecule has 0 bridgehead atoms. The molecule has 0 atom stereocenters. The second-order valence-corrected chi connectivity index (χ2v) is 7.19. The summed E-state index contributed by atoms with van der Waals surface area (Å²) in [7, 11) is 0. The number of rotatable bonds is 3. The summed E-state index contributed by atoms with van der Waals surface area (Å²) in [5.41, 5.74) is 5.04. The molecule has 5 aromatic rings. The molecule has 0 saturated heterocycles. The summed E-state index contributed by atoms with van der Waals surface area (Å²) in [5, 5.41) is 1.30. The standard InChI is InChI=1S/C24H14ClFN4/c25-18-3-4-22(26)21(11-18)23-12-20(19-2-1-7-29-24(19)30-23)17-10-16(13-28-14-17)15-5-8-27-9-6-15/h1-14H. The monoisotopic (exact) mass is 412 g/mol. The van der Waals surface area contributed by atoms with Gasteiger partial charge in [0, 0.05) is 58.1 Å². The number of fused-ring (bicyclic) bond motifs is 1. The van der Waals surface area contributed by atoms with Crippen LogP contribution < -0.4 is 0 Å². The second-order valence-electron chi connectivity index (χ2n) is 6.75. The number of hydrogen-bond donors (Lipinski definition) is 0. The maximum atomic E-state index is 14.5. The third-order valence-corrected chi connectivity index (χ3v) is 5.09. The van der Waals surface area contributed by atoms with Crippen molar-refractivity contribution in [3.63, 3.8) is 0 Å². The molecule has 0 unspecified atom stereocenters. The van der Waals surface area contributed by atoms with Gasteiger partial charge in [0.25, 0.3) is 0 Å². The van der Waals surface area contributed by atoms with Crippen LogP contribution in [0.5, 0.6) is 0 Å². The lowest BCUT2D eigenvalue weighted by Gasteiger charge is -2.11. The Kier molecular flexibility index (Phi) is 4.65. The van der Waals surface area contributed by atoms with Gasteiger partial charge < -0.3 is 0 Å². The fourth-order valence-electron chi connectivity index (χ4n) is 3.42. The Bertz CT molecular complexity index is 1370. The normalized spacial score (nSPS) is 11.0. The first kappa shape index (κ1) is 18.3. The predicted molar refractivity (Wildman–Crippen MR) is 116 cm³/mol. The van der Waals surface area contributed by atoms with Gasteiger partial charge in [-0.25, -0.2) is 14.4 Å². The highest BCUT2D eigenvalue weighted by molar-refractivity contribution is 6.30. The fraction of sp³-hybridized carbons (Fsp3) is 0. The maximum absolute atomic E-state index is 14.5. The Morgan fingerprint density at radius 2 is 1.57 bits per heavy atom. The molecule has 1 aromatic carbocycles. The van der Waals surface area contributed by atoms with Gasteiger partial charge in [-0.05, 0) is 65.7 Å². The van der Waals surface area contributed by atoms with Gasteiger partial charge in [0.1, 0.15) is 5.82 Å². The zero-order valence-electron chi connectivity index (χ0n) is 15.6. The highest BCUT2D eigenvalue weighted by Crippen LogP contribution is 2.34. The molecule has 0 spiro atoms. The molecule has 5 rings (SSSR count). The number of aromatic nitrogens is 4. The Morgan fingerprint density at radius 3 is 2.43 bits per heavy atom. The van der Waals surface area contributed by atoms with Crippen LogP contribution >= 0.6 is 11.6 Å². The van der Waals surface area contributed by atoms with Gasteiger partial charge in [-0.1, -0.05) is 11.6 Å². The lowest BCUT2D eigenvalue weighted by atomic mass is 9.98. The van der Waals surface area contributed by atoms with Gasteiger partial charge in [-0.15, -0.1) is 0 Å². The topological polar surface area (TPSA) is 51.6 Å². The van der Waals surface area contributed by atoms with Crippen LogP contribution in [0.25, 0.3) is 44.5 Å². The molecule has 0 aliphatic heterocycles. The van der Waals surface area contributed by atoms with Crippen molar-refractivity contribution in [1.29, 1.82) is 0 Å². The summed E-state index contributed by atoms with van der Waals surface area (Å²) in [4.78, 5) is 17.5.